The lowest BCUT2D eigenvalue weighted by molar-refractivity contribution is -0.120. The van der Waals surface area contributed by atoms with Crippen LogP contribution in [0.1, 0.15) is 46.4 Å². The van der Waals surface area contributed by atoms with Gasteiger partial charge in [-0.05, 0) is 49.6 Å². The van der Waals surface area contributed by atoms with Crippen molar-refractivity contribution in [1.82, 2.24) is 10.2 Å². The zero-order valence-electron chi connectivity index (χ0n) is 18.2. The van der Waals surface area contributed by atoms with E-state index in [9.17, 15) is 24.0 Å². The Kier molecular flexibility index (Phi) is 5.48. The van der Waals surface area contributed by atoms with Gasteiger partial charge in [-0.3, -0.25) is 24.0 Å². The first-order valence-electron chi connectivity index (χ1n) is 11.2. The molecule has 4 N–H and O–H groups in total. The molecule has 0 spiro atoms. The second kappa shape index (κ2) is 8.62. The molecule has 5 rings (SSSR count). The normalized spacial score (nSPS) is 21.2. The molecular weight excluding hydrogens is 438 g/mol. The molecule has 0 saturated carbocycles. The van der Waals surface area contributed by atoms with Gasteiger partial charge in [0.2, 0.25) is 17.7 Å². The van der Waals surface area contributed by atoms with Crippen LogP contribution in [-0.2, 0) is 14.4 Å². The van der Waals surface area contributed by atoms with Crippen molar-refractivity contribution >= 4 is 46.6 Å². The molecule has 0 aliphatic carbocycles. The first-order valence-corrected chi connectivity index (χ1v) is 11.2. The smallest absolute Gasteiger partial charge is 0.256 e. The molecule has 2 atom stereocenters. The molecule has 0 aromatic heterocycles. The predicted octanol–water partition coefficient (Wildman–Crippen LogP) is 1.71. The highest BCUT2D eigenvalue weighted by Gasteiger charge is 2.38. The van der Waals surface area contributed by atoms with Crippen LogP contribution in [0, 0.1) is 0 Å². The van der Waals surface area contributed by atoms with Gasteiger partial charge in [0.1, 0.15) is 12.1 Å². The van der Waals surface area contributed by atoms with Crippen molar-refractivity contribution in [2.75, 3.05) is 22.5 Å². The van der Waals surface area contributed by atoms with E-state index in [-0.39, 0.29) is 36.5 Å². The average molecular weight is 461 g/mol. The van der Waals surface area contributed by atoms with Crippen molar-refractivity contribution in [3.05, 3.63) is 53.6 Å². The quantitative estimate of drug-likeness (QED) is 0.550. The number of benzene rings is 2. The fourth-order valence-electron chi connectivity index (χ4n) is 4.57. The van der Waals surface area contributed by atoms with Crippen LogP contribution in [0.15, 0.2) is 42.5 Å². The first-order chi connectivity index (χ1) is 16.4. The maximum absolute atomic E-state index is 13.0. The van der Waals surface area contributed by atoms with Crippen molar-refractivity contribution in [1.29, 1.82) is 0 Å². The molecule has 2 aromatic rings. The highest BCUT2D eigenvalue weighted by Crippen LogP contribution is 2.30. The number of hydrogen-bond donors (Lipinski definition) is 4. The summed E-state index contributed by atoms with van der Waals surface area (Å²) in [5.74, 6) is -1.59. The van der Waals surface area contributed by atoms with Crippen molar-refractivity contribution in [3.63, 3.8) is 0 Å². The van der Waals surface area contributed by atoms with Gasteiger partial charge in [0.05, 0.1) is 22.5 Å². The van der Waals surface area contributed by atoms with E-state index in [0.29, 0.717) is 41.2 Å². The first kappa shape index (κ1) is 21.6. The maximum atomic E-state index is 13.0. The summed E-state index contributed by atoms with van der Waals surface area (Å²) in [5, 5.41) is 10.9. The van der Waals surface area contributed by atoms with E-state index in [1.165, 1.54) is 0 Å². The summed E-state index contributed by atoms with van der Waals surface area (Å²) in [6, 6.07) is 10.1. The third kappa shape index (κ3) is 3.98. The molecule has 3 heterocycles. The van der Waals surface area contributed by atoms with E-state index >= 15 is 0 Å². The Morgan fingerprint density at radius 3 is 2.59 bits per heavy atom. The van der Waals surface area contributed by atoms with Crippen molar-refractivity contribution in [3.8, 4) is 0 Å². The largest absolute Gasteiger partial charge is 0.340 e. The summed E-state index contributed by atoms with van der Waals surface area (Å²) in [6.45, 7) is 0.520. The Labute approximate surface area is 195 Å². The number of amides is 5. The van der Waals surface area contributed by atoms with E-state index in [1.54, 1.807) is 47.4 Å². The van der Waals surface area contributed by atoms with Crippen LogP contribution in [0.2, 0.25) is 0 Å². The summed E-state index contributed by atoms with van der Waals surface area (Å²) >= 11 is 0. The molecule has 3 aliphatic heterocycles. The Balaban J connectivity index is 1.24. The summed E-state index contributed by atoms with van der Waals surface area (Å²) in [4.78, 5) is 64.5. The number of para-hydroxylation sites is 1. The third-order valence-electron chi connectivity index (χ3n) is 6.32. The number of nitrogens with zero attached hydrogens (tertiary/aromatic N) is 1. The van der Waals surface area contributed by atoms with E-state index < -0.39 is 18.0 Å². The third-order valence-corrected chi connectivity index (χ3v) is 6.32. The van der Waals surface area contributed by atoms with E-state index in [1.807, 2.05) is 0 Å². The van der Waals surface area contributed by atoms with Crippen LogP contribution in [-0.4, -0.2) is 53.1 Å². The average Bonchev–Trinajstić information content (AvgIpc) is 3.24. The van der Waals surface area contributed by atoms with Gasteiger partial charge in [-0.15, -0.1) is 0 Å². The predicted molar refractivity (Wildman–Crippen MR) is 123 cm³/mol. The van der Waals surface area contributed by atoms with Crippen LogP contribution >= 0.6 is 0 Å². The molecule has 0 bridgehead atoms. The summed E-state index contributed by atoms with van der Waals surface area (Å²) in [5.41, 5.74) is 1.94. The Morgan fingerprint density at radius 2 is 1.74 bits per heavy atom. The second-order valence-electron chi connectivity index (χ2n) is 8.55. The fourth-order valence-corrected chi connectivity index (χ4v) is 4.57. The minimum absolute atomic E-state index is 0.0231. The van der Waals surface area contributed by atoms with Gasteiger partial charge < -0.3 is 26.2 Å². The molecule has 34 heavy (non-hydrogen) atoms. The van der Waals surface area contributed by atoms with Gasteiger partial charge >= 0.3 is 0 Å². The second-order valence-corrected chi connectivity index (χ2v) is 8.55. The maximum Gasteiger partial charge on any atom is 0.256 e. The van der Waals surface area contributed by atoms with Gasteiger partial charge in [0.15, 0.2) is 0 Å². The van der Waals surface area contributed by atoms with Gasteiger partial charge in [0.25, 0.3) is 11.8 Å². The molecule has 5 amide bonds. The van der Waals surface area contributed by atoms with E-state index in [4.69, 9.17) is 0 Å². The molecule has 174 valence electrons. The highest BCUT2D eigenvalue weighted by molar-refractivity contribution is 6.11. The molecule has 0 unspecified atom stereocenters. The summed E-state index contributed by atoms with van der Waals surface area (Å²) in [7, 11) is 0. The minimum Gasteiger partial charge on any atom is -0.340 e. The number of anilines is 3. The highest BCUT2D eigenvalue weighted by atomic mass is 16.2. The summed E-state index contributed by atoms with van der Waals surface area (Å²) < 4.78 is 0. The Bertz CT molecular complexity index is 1230. The number of nitrogens with one attached hydrogen (secondary N) is 4. The molecule has 1 fully saturated rings. The number of carbonyl (C=O) groups excluding carboxylic acids is 5. The van der Waals surface area contributed by atoms with Gasteiger partial charge in [-0.1, -0.05) is 12.1 Å². The monoisotopic (exact) mass is 461 g/mol. The molecule has 3 aliphatic rings. The van der Waals surface area contributed by atoms with Crippen LogP contribution in [0.5, 0.6) is 0 Å². The van der Waals surface area contributed by atoms with Crippen molar-refractivity contribution in [2.45, 2.75) is 37.8 Å². The molecule has 1 saturated heterocycles. The molecular formula is C24H23N5O5. The topological polar surface area (TPSA) is 137 Å². The molecule has 10 heteroatoms. The van der Waals surface area contributed by atoms with E-state index in [0.717, 1.165) is 6.42 Å². The lowest BCUT2D eigenvalue weighted by Gasteiger charge is -2.20. The van der Waals surface area contributed by atoms with Crippen molar-refractivity contribution in [2.24, 2.45) is 0 Å². The van der Waals surface area contributed by atoms with Gasteiger partial charge in [0, 0.05) is 18.7 Å². The number of hydrogen-bond acceptors (Lipinski definition) is 5. The zero-order valence-corrected chi connectivity index (χ0v) is 18.2. The number of fused-ring (bicyclic) bond motifs is 3. The minimum atomic E-state index is -0.860. The van der Waals surface area contributed by atoms with Crippen LogP contribution < -0.4 is 21.3 Å². The lowest BCUT2D eigenvalue weighted by Crippen LogP contribution is -2.41. The standard InChI is InChI=1S/C24H23N5O5/c30-20(10-9-18-22(32)26-16-5-2-1-4-14(16)21(31)28-18)25-13-7-8-17-15(12-13)24(34)29-11-3-6-19(29)23(33)27-17/h1-2,4-5,7-8,12,18-19H,3,6,9-11H2,(H,25,30)(H,26,32)(H,27,33)(H,28,31)/t18-,19+/m1/s1. The van der Waals surface area contributed by atoms with Gasteiger partial charge in [-0.25, -0.2) is 0 Å². The molecule has 0 radical (unpaired) electrons. The lowest BCUT2D eigenvalue weighted by atomic mass is 10.1. The van der Waals surface area contributed by atoms with Gasteiger partial charge in [-0.2, -0.15) is 0 Å². The number of rotatable bonds is 4. The van der Waals surface area contributed by atoms with Crippen LogP contribution in [0.3, 0.4) is 0 Å². The SMILES string of the molecule is O=C(CC[C@H]1NC(=O)c2ccccc2NC1=O)Nc1ccc2c(c1)C(=O)N1CCC[C@H]1C(=O)N2. The van der Waals surface area contributed by atoms with Crippen LogP contribution in [0.25, 0.3) is 0 Å². The van der Waals surface area contributed by atoms with Crippen molar-refractivity contribution < 1.29 is 24.0 Å². The Hall–Kier alpha value is -4.21. The zero-order chi connectivity index (χ0) is 23.8. The summed E-state index contributed by atoms with van der Waals surface area (Å²) in [6.07, 6.45) is 1.48. The number of carbonyl (C=O) groups is 5. The Morgan fingerprint density at radius 1 is 0.971 bits per heavy atom. The van der Waals surface area contributed by atoms with Crippen LogP contribution in [0.4, 0.5) is 17.1 Å². The molecule has 2 aromatic carbocycles. The molecule has 10 nitrogen and oxygen atoms in total. The fraction of sp³-hybridized carbons (Fsp3) is 0.292. The van der Waals surface area contributed by atoms with E-state index in [2.05, 4.69) is 21.3 Å².